The summed E-state index contributed by atoms with van der Waals surface area (Å²) in [6, 6.07) is 7.09. The smallest absolute Gasteiger partial charge is 0.281 e. The molecule has 1 saturated heterocycles. The summed E-state index contributed by atoms with van der Waals surface area (Å²) in [5.74, 6) is -0.482. The molecule has 9 nitrogen and oxygen atoms in total. The minimum Gasteiger partial charge on any atom is -0.361 e. The van der Waals surface area contributed by atoms with E-state index in [1.807, 2.05) is 30.5 Å². The van der Waals surface area contributed by atoms with Gasteiger partial charge in [0.05, 0.1) is 0 Å². The van der Waals surface area contributed by atoms with Gasteiger partial charge in [-0.15, -0.1) is 0 Å². The van der Waals surface area contributed by atoms with Crippen LogP contribution in [0.5, 0.6) is 0 Å². The van der Waals surface area contributed by atoms with E-state index in [2.05, 4.69) is 10.3 Å². The first-order chi connectivity index (χ1) is 13.7. The van der Waals surface area contributed by atoms with Gasteiger partial charge in [-0.05, 0) is 11.6 Å². The molecule has 3 rings (SSSR count). The van der Waals surface area contributed by atoms with E-state index in [9.17, 15) is 18.0 Å². The van der Waals surface area contributed by atoms with Crippen LogP contribution in [-0.2, 0) is 26.2 Å². The molecule has 0 spiro atoms. The van der Waals surface area contributed by atoms with E-state index in [4.69, 9.17) is 0 Å². The molecule has 0 unspecified atom stereocenters. The molecule has 1 aromatic carbocycles. The normalized spacial score (nSPS) is 16.9. The van der Waals surface area contributed by atoms with E-state index in [0.717, 1.165) is 16.5 Å². The van der Waals surface area contributed by atoms with Crippen molar-refractivity contribution in [2.75, 3.05) is 40.3 Å². The molecule has 2 aromatic rings. The molecule has 0 saturated carbocycles. The number of hydrogen-bond acceptors (Lipinski definition) is 4. The highest BCUT2D eigenvalue weighted by Gasteiger charge is 2.33. The minimum atomic E-state index is -3.50. The topological polar surface area (TPSA) is 106 Å². The molecule has 0 radical (unpaired) electrons. The maximum Gasteiger partial charge on any atom is 0.281 e. The van der Waals surface area contributed by atoms with Gasteiger partial charge in [0, 0.05) is 70.7 Å². The molecular weight excluding hydrogens is 394 g/mol. The number of piperazine rings is 1. The van der Waals surface area contributed by atoms with E-state index in [-0.39, 0.29) is 38.0 Å². The number of nitrogens with one attached hydrogen (secondary N) is 2. The highest BCUT2D eigenvalue weighted by Crippen LogP contribution is 2.20. The number of nitrogens with zero attached hydrogens (tertiary/aromatic N) is 3. The molecule has 10 heteroatoms. The Kier molecular flexibility index (Phi) is 6.25. The zero-order chi connectivity index (χ0) is 21.2. The van der Waals surface area contributed by atoms with Crippen molar-refractivity contribution in [1.82, 2.24) is 23.8 Å². The van der Waals surface area contributed by atoms with Gasteiger partial charge in [-0.1, -0.05) is 18.2 Å². The number of hydrogen-bond donors (Lipinski definition) is 2. The molecule has 2 N–H and O–H groups in total. The largest absolute Gasteiger partial charge is 0.361 e. The first-order valence-corrected chi connectivity index (χ1v) is 10.9. The first-order valence-electron chi connectivity index (χ1n) is 9.48. The van der Waals surface area contributed by atoms with Gasteiger partial charge < -0.3 is 15.2 Å². The van der Waals surface area contributed by atoms with Crippen molar-refractivity contribution in [3.05, 3.63) is 36.0 Å². The predicted octanol–water partition coefficient (Wildman–Crippen LogP) is 0.166. The van der Waals surface area contributed by atoms with Crippen LogP contribution in [0.1, 0.15) is 12.5 Å². The van der Waals surface area contributed by atoms with Crippen molar-refractivity contribution in [1.29, 1.82) is 0 Å². The van der Waals surface area contributed by atoms with Crippen LogP contribution in [-0.4, -0.2) is 85.0 Å². The Bertz CT molecular complexity index is 993. The van der Waals surface area contributed by atoms with Gasteiger partial charge in [-0.2, -0.15) is 17.0 Å². The lowest BCUT2D eigenvalue weighted by molar-refractivity contribution is -0.137. The summed E-state index contributed by atoms with van der Waals surface area (Å²) in [5, 5.41) is 3.77. The van der Waals surface area contributed by atoms with Gasteiger partial charge in [0.25, 0.3) is 10.2 Å². The third kappa shape index (κ3) is 4.60. The molecule has 1 fully saturated rings. The fourth-order valence-electron chi connectivity index (χ4n) is 3.56. The number of amides is 2. The Balaban J connectivity index is 1.73. The maximum atomic E-state index is 13.1. The molecular formula is C19H27N5O4S. The van der Waals surface area contributed by atoms with Crippen molar-refractivity contribution >= 4 is 32.9 Å². The second-order valence-corrected chi connectivity index (χ2v) is 9.47. The lowest BCUT2D eigenvalue weighted by Gasteiger charge is -2.36. The number of aromatic amines is 1. The third-order valence-electron chi connectivity index (χ3n) is 5.11. The number of rotatable bonds is 6. The van der Waals surface area contributed by atoms with Crippen LogP contribution >= 0.6 is 0 Å². The zero-order valence-corrected chi connectivity index (χ0v) is 17.7. The summed E-state index contributed by atoms with van der Waals surface area (Å²) in [6.07, 6.45) is 2.22. The maximum absolute atomic E-state index is 13.1. The Labute approximate surface area is 170 Å². The second kappa shape index (κ2) is 8.52. The van der Waals surface area contributed by atoms with Crippen LogP contribution in [0.3, 0.4) is 0 Å². The predicted molar refractivity (Wildman–Crippen MR) is 110 cm³/mol. The van der Waals surface area contributed by atoms with Crippen LogP contribution in [0.25, 0.3) is 10.9 Å². The van der Waals surface area contributed by atoms with Gasteiger partial charge >= 0.3 is 0 Å². The molecule has 0 bridgehead atoms. The van der Waals surface area contributed by atoms with Crippen molar-refractivity contribution in [3.8, 4) is 0 Å². The van der Waals surface area contributed by atoms with E-state index < -0.39 is 16.3 Å². The summed E-state index contributed by atoms with van der Waals surface area (Å²) in [5.41, 5.74) is 1.92. The second-order valence-electron chi connectivity index (χ2n) is 7.33. The van der Waals surface area contributed by atoms with Gasteiger partial charge in [-0.25, -0.2) is 0 Å². The quantitative estimate of drug-likeness (QED) is 0.693. The summed E-state index contributed by atoms with van der Waals surface area (Å²) in [7, 11) is -0.525. The Morgan fingerprint density at radius 3 is 2.45 bits per heavy atom. The molecule has 1 aromatic heterocycles. The fraction of sp³-hybridized carbons (Fsp3) is 0.474. The van der Waals surface area contributed by atoms with Gasteiger partial charge in [0.15, 0.2) is 0 Å². The van der Waals surface area contributed by atoms with Crippen molar-refractivity contribution in [2.45, 2.75) is 19.4 Å². The molecule has 0 aliphatic carbocycles. The van der Waals surface area contributed by atoms with Crippen LogP contribution in [0, 0.1) is 0 Å². The van der Waals surface area contributed by atoms with E-state index in [1.165, 1.54) is 29.6 Å². The highest BCUT2D eigenvalue weighted by atomic mass is 32.2. The monoisotopic (exact) mass is 421 g/mol. The summed E-state index contributed by atoms with van der Waals surface area (Å²) in [6.45, 7) is 2.42. The summed E-state index contributed by atoms with van der Waals surface area (Å²) >= 11 is 0. The lowest BCUT2D eigenvalue weighted by atomic mass is 10.0. The SMILES string of the molecule is CC(=O)N[C@@H](Cc1c[nH]c2ccccc12)C(=O)N1CCN(S(=O)(=O)N(C)C)CC1. The number of aromatic nitrogens is 1. The van der Waals surface area contributed by atoms with Crippen molar-refractivity contribution in [2.24, 2.45) is 0 Å². The number of H-pyrrole nitrogens is 1. The fourth-order valence-corrected chi connectivity index (χ4v) is 4.64. The number of carbonyl (C=O) groups is 2. The number of benzene rings is 1. The Morgan fingerprint density at radius 2 is 1.83 bits per heavy atom. The average molecular weight is 422 g/mol. The lowest BCUT2D eigenvalue weighted by Crippen LogP contribution is -2.57. The van der Waals surface area contributed by atoms with Crippen molar-refractivity contribution < 1.29 is 18.0 Å². The summed E-state index contributed by atoms with van der Waals surface area (Å²) < 4.78 is 27.1. The van der Waals surface area contributed by atoms with Gasteiger partial charge in [0.2, 0.25) is 11.8 Å². The molecule has 1 aliphatic rings. The van der Waals surface area contributed by atoms with Crippen LogP contribution in [0.2, 0.25) is 0 Å². The van der Waals surface area contributed by atoms with Crippen molar-refractivity contribution in [3.63, 3.8) is 0 Å². The first kappa shape index (κ1) is 21.3. The third-order valence-corrected chi connectivity index (χ3v) is 7.05. The van der Waals surface area contributed by atoms with E-state index >= 15 is 0 Å². The van der Waals surface area contributed by atoms with Gasteiger partial charge in [-0.3, -0.25) is 9.59 Å². The molecule has 1 atom stereocenters. The molecule has 29 heavy (non-hydrogen) atoms. The van der Waals surface area contributed by atoms with E-state index in [0.29, 0.717) is 6.42 Å². The van der Waals surface area contributed by atoms with Gasteiger partial charge in [0.1, 0.15) is 6.04 Å². The zero-order valence-electron chi connectivity index (χ0n) is 16.9. The summed E-state index contributed by atoms with van der Waals surface area (Å²) in [4.78, 5) is 29.6. The molecule has 158 valence electrons. The highest BCUT2D eigenvalue weighted by molar-refractivity contribution is 7.86. The average Bonchev–Trinajstić information content (AvgIpc) is 3.09. The molecule has 2 heterocycles. The standard InChI is InChI=1S/C19H27N5O4S/c1-14(25)21-18(12-15-13-20-17-7-5-4-6-16(15)17)19(26)23-8-10-24(11-9-23)29(27,28)22(2)3/h4-7,13,18,20H,8-12H2,1-3H3,(H,21,25)/t18-/m0/s1. The number of fused-ring (bicyclic) bond motifs is 1. The minimum absolute atomic E-state index is 0.201. The number of carbonyl (C=O) groups excluding carboxylic acids is 2. The van der Waals surface area contributed by atoms with Crippen LogP contribution in [0.15, 0.2) is 30.5 Å². The Morgan fingerprint density at radius 1 is 1.17 bits per heavy atom. The Hall–Kier alpha value is -2.43. The number of para-hydroxylation sites is 1. The van der Waals surface area contributed by atoms with Crippen LogP contribution < -0.4 is 5.32 Å². The van der Waals surface area contributed by atoms with E-state index in [1.54, 1.807) is 4.90 Å². The van der Waals surface area contributed by atoms with Crippen LogP contribution in [0.4, 0.5) is 0 Å². The molecule has 2 amide bonds. The molecule has 1 aliphatic heterocycles.